The molecule has 1 aliphatic rings. The van der Waals surface area contributed by atoms with Crippen LogP contribution in [0.5, 0.6) is 0 Å². The standard InChI is InChI=1S/C9H17Cl/c1-2-9(8-10)6-4-3-5-7-9/h2-8H2,1H3. The number of halogens is 1. The molecule has 0 heterocycles. The molecule has 0 bridgehead atoms. The summed E-state index contributed by atoms with van der Waals surface area (Å²) in [5, 5.41) is 0. The minimum Gasteiger partial charge on any atom is -0.126 e. The van der Waals surface area contributed by atoms with Crippen molar-refractivity contribution in [2.45, 2.75) is 45.4 Å². The van der Waals surface area contributed by atoms with Crippen molar-refractivity contribution in [3.63, 3.8) is 0 Å². The van der Waals surface area contributed by atoms with Gasteiger partial charge in [0.1, 0.15) is 0 Å². The molecule has 0 unspecified atom stereocenters. The summed E-state index contributed by atoms with van der Waals surface area (Å²) in [5.74, 6) is 0.878. The number of hydrogen-bond donors (Lipinski definition) is 0. The monoisotopic (exact) mass is 160 g/mol. The summed E-state index contributed by atoms with van der Waals surface area (Å²) in [4.78, 5) is 0. The van der Waals surface area contributed by atoms with Gasteiger partial charge in [-0.3, -0.25) is 0 Å². The van der Waals surface area contributed by atoms with E-state index in [1.54, 1.807) is 0 Å². The van der Waals surface area contributed by atoms with Crippen molar-refractivity contribution < 1.29 is 0 Å². The van der Waals surface area contributed by atoms with Crippen LogP contribution in [-0.4, -0.2) is 5.88 Å². The molecule has 1 rings (SSSR count). The molecule has 10 heavy (non-hydrogen) atoms. The Morgan fingerprint density at radius 1 is 1.20 bits per heavy atom. The maximum Gasteiger partial charge on any atom is 0.0279 e. The topological polar surface area (TPSA) is 0 Å². The van der Waals surface area contributed by atoms with E-state index in [1.807, 2.05) is 0 Å². The Morgan fingerprint density at radius 2 is 1.80 bits per heavy atom. The number of rotatable bonds is 2. The van der Waals surface area contributed by atoms with Crippen LogP contribution in [-0.2, 0) is 0 Å². The van der Waals surface area contributed by atoms with Gasteiger partial charge >= 0.3 is 0 Å². The molecule has 0 aromatic carbocycles. The third kappa shape index (κ3) is 1.66. The maximum absolute atomic E-state index is 5.94. The highest BCUT2D eigenvalue weighted by Gasteiger charge is 2.28. The molecule has 1 aliphatic carbocycles. The van der Waals surface area contributed by atoms with E-state index in [0.29, 0.717) is 5.41 Å². The van der Waals surface area contributed by atoms with Crippen LogP contribution in [0.2, 0.25) is 0 Å². The Hall–Kier alpha value is 0.290. The van der Waals surface area contributed by atoms with Gasteiger partial charge in [-0.2, -0.15) is 0 Å². The summed E-state index contributed by atoms with van der Waals surface area (Å²) in [6.45, 7) is 2.27. The van der Waals surface area contributed by atoms with Crippen molar-refractivity contribution in [1.29, 1.82) is 0 Å². The van der Waals surface area contributed by atoms with Crippen molar-refractivity contribution in [3.8, 4) is 0 Å². The van der Waals surface area contributed by atoms with E-state index in [0.717, 1.165) is 5.88 Å². The number of hydrogen-bond acceptors (Lipinski definition) is 0. The fourth-order valence-corrected chi connectivity index (χ4v) is 2.34. The largest absolute Gasteiger partial charge is 0.126 e. The van der Waals surface area contributed by atoms with Crippen LogP contribution in [0.4, 0.5) is 0 Å². The second-order valence-corrected chi connectivity index (χ2v) is 3.82. The van der Waals surface area contributed by atoms with Gasteiger partial charge in [0.05, 0.1) is 0 Å². The van der Waals surface area contributed by atoms with Crippen molar-refractivity contribution in [1.82, 2.24) is 0 Å². The zero-order valence-electron chi connectivity index (χ0n) is 6.83. The van der Waals surface area contributed by atoms with Crippen LogP contribution in [0.3, 0.4) is 0 Å². The van der Waals surface area contributed by atoms with E-state index < -0.39 is 0 Å². The lowest BCUT2D eigenvalue weighted by Crippen LogP contribution is -2.24. The summed E-state index contributed by atoms with van der Waals surface area (Å²) in [5.41, 5.74) is 0.528. The van der Waals surface area contributed by atoms with Crippen molar-refractivity contribution in [2.24, 2.45) is 5.41 Å². The Bertz CT molecular complexity index is 86.9. The Kier molecular flexibility index (Phi) is 3.03. The molecule has 0 aromatic rings. The summed E-state index contributed by atoms with van der Waals surface area (Å²) >= 11 is 5.94. The quantitative estimate of drug-likeness (QED) is 0.542. The van der Waals surface area contributed by atoms with Gasteiger partial charge in [0.25, 0.3) is 0 Å². The smallest absolute Gasteiger partial charge is 0.0279 e. The first kappa shape index (κ1) is 8.39. The zero-order valence-corrected chi connectivity index (χ0v) is 7.58. The molecule has 0 N–H and O–H groups in total. The molecule has 0 aliphatic heterocycles. The number of alkyl halides is 1. The Morgan fingerprint density at radius 3 is 2.10 bits per heavy atom. The molecule has 0 atom stereocenters. The fraction of sp³-hybridized carbons (Fsp3) is 1.00. The molecule has 0 nitrogen and oxygen atoms in total. The molecule has 0 saturated heterocycles. The lowest BCUT2D eigenvalue weighted by Gasteiger charge is -2.34. The van der Waals surface area contributed by atoms with E-state index >= 15 is 0 Å². The normalized spacial score (nSPS) is 24.6. The minimum absolute atomic E-state index is 0.528. The third-order valence-electron chi connectivity index (χ3n) is 2.95. The van der Waals surface area contributed by atoms with Gasteiger partial charge in [0.15, 0.2) is 0 Å². The molecule has 0 aromatic heterocycles. The second-order valence-electron chi connectivity index (χ2n) is 3.55. The summed E-state index contributed by atoms with van der Waals surface area (Å²) in [6, 6.07) is 0. The molecule has 1 saturated carbocycles. The molecular weight excluding hydrogens is 144 g/mol. The average Bonchev–Trinajstić information content (AvgIpc) is 2.06. The van der Waals surface area contributed by atoms with Crippen molar-refractivity contribution >= 4 is 11.6 Å². The first-order valence-electron chi connectivity index (χ1n) is 4.39. The second kappa shape index (κ2) is 3.61. The van der Waals surface area contributed by atoms with Crippen molar-refractivity contribution in [3.05, 3.63) is 0 Å². The molecule has 1 heteroatoms. The van der Waals surface area contributed by atoms with Gasteiger partial charge in [0, 0.05) is 5.88 Å². The predicted molar refractivity (Wildman–Crippen MR) is 46.5 cm³/mol. The lowest BCUT2D eigenvalue weighted by molar-refractivity contribution is 0.212. The van der Waals surface area contributed by atoms with Gasteiger partial charge in [0.2, 0.25) is 0 Å². The van der Waals surface area contributed by atoms with Crippen LogP contribution in [0.15, 0.2) is 0 Å². The van der Waals surface area contributed by atoms with Crippen LogP contribution < -0.4 is 0 Å². The average molecular weight is 161 g/mol. The first-order valence-corrected chi connectivity index (χ1v) is 4.92. The molecule has 60 valence electrons. The SMILES string of the molecule is CCC1(CCl)CCCCC1. The van der Waals surface area contributed by atoms with E-state index in [-0.39, 0.29) is 0 Å². The van der Waals surface area contributed by atoms with Crippen LogP contribution in [0.1, 0.15) is 45.4 Å². The molecule has 0 amide bonds. The zero-order chi connectivity index (χ0) is 7.45. The van der Waals surface area contributed by atoms with E-state index in [2.05, 4.69) is 6.92 Å². The Labute approximate surface area is 69.0 Å². The van der Waals surface area contributed by atoms with Crippen LogP contribution in [0, 0.1) is 5.41 Å². The van der Waals surface area contributed by atoms with E-state index in [1.165, 1.54) is 38.5 Å². The van der Waals surface area contributed by atoms with E-state index in [9.17, 15) is 0 Å². The van der Waals surface area contributed by atoms with Gasteiger partial charge in [-0.1, -0.05) is 26.2 Å². The maximum atomic E-state index is 5.94. The minimum atomic E-state index is 0.528. The Balaban J connectivity index is 2.44. The molecule has 0 spiro atoms. The molecule has 1 fully saturated rings. The predicted octanol–water partition coefficient (Wildman–Crippen LogP) is 3.59. The summed E-state index contributed by atoms with van der Waals surface area (Å²) < 4.78 is 0. The highest BCUT2D eigenvalue weighted by molar-refractivity contribution is 6.18. The third-order valence-corrected chi connectivity index (χ3v) is 3.51. The van der Waals surface area contributed by atoms with Crippen molar-refractivity contribution in [2.75, 3.05) is 5.88 Å². The van der Waals surface area contributed by atoms with Gasteiger partial charge < -0.3 is 0 Å². The van der Waals surface area contributed by atoms with Gasteiger partial charge in [-0.25, -0.2) is 0 Å². The summed E-state index contributed by atoms with van der Waals surface area (Å²) in [7, 11) is 0. The van der Waals surface area contributed by atoms with Crippen LogP contribution >= 0.6 is 11.6 Å². The highest BCUT2D eigenvalue weighted by Crippen LogP contribution is 2.39. The lowest BCUT2D eigenvalue weighted by atomic mass is 9.74. The fourth-order valence-electron chi connectivity index (χ4n) is 1.88. The first-order chi connectivity index (χ1) is 4.83. The molecular formula is C9H17Cl. The van der Waals surface area contributed by atoms with Gasteiger partial charge in [-0.05, 0) is 24.7 Å². The summed E-state index contributed by atoms with van der Waals surface area (Å²) in [6.07, 6.45) is 8.25. The van der Waals surface area contributed by atoms with Gasteiger partial charge in [-0.15, -0.1) is 11.6 Å². The highest BCUT2D eigenvalue weighted by atomic mass is 35.5. The van der Waals surface area contributed by atoms with Crippen LogP contribution in [0.25, 0.3) is 0 Å². The van der Waals surface area contributed by atoms with E-state index in [4.69, 9.17) is 11.6 Å². The molecule has 0 radical (unpaired) electrons.